The topological polar surface area (TPSA) is 71.0 Å². The van der Waals surface area contributed by atoms with Crippen LogP contribution in [0.15, 0.2) is 22.5 Å². The second kappa shape index (κ2) is 11.9. The molecular formula is C23H34IN5O2S. The maximum absolute atomic E-state index is 5.93. The third-order valence-corrected chi connectivity index (χ3v) is 6.59. The van der Waals surface area contributed by atoms with E-state index in [1.165, 1.54) is 18.4 Å². The molecule has 0 saturated carbocycles. The average molecular weight is 572 g/mol. The monoisotopic (exact) mass is 571 g/mol. The van der Waals surface area contributed by atoms with Gasteiger partial charge >= 0.3 is 0 Å². The average Bonchev–Trinajstić information content (AvgIpc) is 3.50. The molecule has 0 aliphatic carbocycles. The number of aliphatic imine (C=N–C) groups is 1. The summed E-state index contributed by atoms with van der Waals surface area (Å²) in [7, 11) is 1.79. The zero-order chi connectivity index (χ0) is 21.6. The molecule has 2 aliphatic heterocycles. The van der Waals surface area contributed by atoms with Crippen molar-refractivity contribution in [1.82, 2.24) is 15.6 Å². The molecule has 1 unspecified atom stereocenters. The van der Waals surface area contributed by atoms with Crippen molar-refractivity contribution >= 4 is 46.4 Å². The summed E-state index contributed by atoms with van der Waals surface area (Å²) in [4.78, 5) is 11.5. The highest BCUT2D eigenvalue weighted by molar-refractivity contribution is 14.0. The molecule has 0 bridgehead atoms. The van der Waals surface area contributed by atoms with Gasteiger partial charge in [-0.25, -0.2) is 4.98 Å². The van der Waals surface area contributed by atoms with E-state index in [9.17, 15) is 0 Å². The van der Waals surface area contributed by atoms with Gasteiger partial charge in [0, 0.05) is 62.6 Å². The highest BCUT2D eigenvalue weighted by atomic mass is 127. The molecule has 0 amide bonds. The first-order valence-corrected chi connectivity index (χ1v) is 12.1. The van der Waals surface area contributed by atoms with Gasteiger partial charge in [0.1, 0.15) is 17.6 Å². The van der Waals surface area contributed by atoms with E-state index in [-0.39, 0.29) is 30.1 Å². The number of halogens is 1. The molecule has 0 radical (unpaired) electrons. The lowest BCUT2D eigenvalue weighted by Crippen LogP contribution is -2.38. The second-order valence-electron chi connectivity index (χ2n) is 8.05. The molecule has 1 atom stereocenters. The quantitative estimate of drug-likeness (QED) is 0.284. The zero-order valence-electron chi connectivity index (χ0n) is 19.1. The summed E-state index contributed by atoms with van der Waals surface area (Å²) in [5.41, 5.74) is 3.43. The Morgan fingerprint density at radius 2 is 2.12 bits per heavy atom. The van der Waals surface area contributed by atoms with Crippen LogP contribution in [0.4, 0.5) is 5.13 Å². The first kappa shape index (κ1) is 24.9. The predicted octanol–water partition coefficient (Wildman–Crippen LogP) is 3.99. The molecule has 0 spiro atoms. The van der Waals surface area contributed by atoms with E-state index in [1.54, 1.807) is 18.4 Å². The van der Waals surface area contributed by atoms with Crippen LogP contribution in [0.2, 0.25) is 0 Å². The van der Waals surface area contributed by atoms with E-state index < -0.39 is 0 Å². The third kappa shape index (κ3) is 6.18. The van der Waals surface area contributed by atoms with Gasteiger partial charge in [-0.2, -0.15) is 0 Å². The van der Waals surface area contributed by atoms with Crippen molar-refractivity contribution in [1.29, 1.82) is 0 Å². The van der Waals surface area contributed by atoms with Gasteiger partial charge in [-0.3, -0.25) is 4.99 Å². The molecular weight excluding hydrogens is 537 g/mol. The molecule has 1 saturated heterocycles. The summed E-state index contributed by atoms with van der Waals surface area (Å²) in [6.07, 6.45) is 4.58. The number of fused-ring (bicyclic) bond motifs is 1. The Morgan fingerprint density at radius 1 is 1.31 bits per heavy atom. The molecule has 9 heteroatoms. The Kier molecular flexibility index (Phi) is 9.27. The highest BCUT2D eigenvalue weighted by Crippen LogP contribution is 2.35. The molecule has 3 heterocycles. The van der Waals surface area contributed by atoms with Crippen molar-refractivity contribution in [3.63, 3.8) is 0 Å². The number of aromatic nitrogens is 1. The minimum Gasteiger partial charge on any atom is -0.494 e. The summed E-state index contributed by atoms with van der Waals surface area (Å²) in [5.74, 6) is 2.65. The standard InChI is InChI=1S/C23H33N5O2S.HI/c1-4-29-20-12-17-11-16(2)30-21(17)13-18(20)14-26-22(24-3)25-8-7-19-15-31-23(27-19)28-9-5-6-10-28;/h12-13,15-16H,4-11,14H2,1-3H3,(H2,24,25,26);1H. The van der Waals surface area contributed by atoms with Crippen molar-refractivity contribution in [2.75, 3.05) is 38.2 Å². The minimum absolute atomic E-state index is 0. The first-order chi connectivity index (χ1) is 15.2. The fraction of sp³-hybridized carbons (Fsp3) is 0.565. The molecule has 176 valence electrons. The molecule has 2 aromatic rings. The SMILES string of the molecule is CCOc1cc2c(cc1CNC(=NC)NCCc1csc(N3CCCC3)n1)OC(C)C2.I. The number of nitrogens with one attached hydrogen (secondary N) is 2. The Bertz CT molecular complexity index is 914. The molecule has 1 fully saturated rings. The molecule has 1 aromatic carbocycles. The van der Waals surface area contributed by atoms with Crippen LogP contribution in [0.1, 0.15) is 43.5 Å². The summed E-state index contributed by atoms with van der Waals surface area (Å²) in [5, 5.41) is 10.1. The van der Waals surface area contributed by atoms with Crippen molar-refractivity contribution in [2.45, 2.75) is 52.2 Å². The van der Waals surface area contributed by atoms with E-state index in [2.05, 4.69) is 45.0 Å². The van der Waals surface area contributed by atoms with E-state index in [0.29, 0.717) is 13.2 Å². The van der Waals surface area contributed by atoms with Crippen molar-refractivity contribution in [3.8, 4) is 11.5 Å². The third-order valence-electron chi connectivity index (χ3n) is 5.64. The van der Waals surface area contributed by atoms with Gasteiger partial charge in [-0.05, 0) is 38.8 Å². The van der Waals surface area contributed by atoms with Crippen LogP contribution >= 0.6 is 35.3 Å². The Morgan fingerprint density at radius 3 is 2.88 bits per heavy atom. The summed E-state index contributed by atoms with van der Waals surface area (Å²) < 4.78 is 11.8. The first-order valence-electron chi connectivity index (χ1n) is 11.3. The van der Waals surface area contributed by atoms with Crippen LogP contribution in [-0.2, 0) is 19.4 Å². The van der Waals surface area contributed by atoms with Crippen LogP contribution in [0, 0.1) is 0 Å². The van der Waals surface area contributed by atoms with E-state index >= 15 is 0 Å². The highest BCUT2D eigenvalue weighted by Gasteiger charge is 2.22. The molecule has 32 heavy (non-hydrogen) atoms. The van der Waals surface area contributed by atoms with Gasteiger partial charge in [-0.1, -0.05) is 0 Å². The predicted molar refractivity (Wildman–Crippen MR) is 142 cm³/mol. The minimum atomic E-state index is 0. The summed E-state index contributed by atoms with van der Waals surface area (Å²) in [6.45, 7) is 8.43. The largest absolute Gasteiger partial charge is 0.494 e. The number of guanidine groups is 1. The van der Waals surface area contributed by atoms with Crippen LogP contribution < -0.4 is 25.0 Å². The maximum Gasteiger partial charge on any atom is 0.191 e. The number of nitrogens with zero attached hydrogens (tertiary/aromatic N) is 3. The molecule has 1 aromatic heterocycles. The smallest absolute Gasteiger partial charge is 0.191 e. The zero-order valence-corrected chi connectivity index (χ0v) is 22.3. The number of ether oxygens (including phenoxy) is 2. The lowest BCUT2D eigenvalue weighted by molar-refractivity contribution is 0.254. The fourth-order valence-corrected chi connectivity index (χ4v) is 5.00. The number of anilines is 1. The summed E-state index contributed by atoms with van der Waals surface area (Å²) in [6, 6.07) is 4.22. The van der Waals surface area contributed by atoms with Gasteiger partial charge in [0.15, 0.2) is 11.1 Å². The van der Waals surface area contributed by atoms with Gasteiger partial charge in [0.05, 0.1) is 12.3 Å². The van der Waals surface area contributed by atoms with Crippen LogP contribution in [0.25, 0.3) is 0 Å². The van der Waals surface area contributed by atoms with Crippen LogP contribution in [-0.4, -0.2) is 50.3 Å². The summed E-state index contributed by atoms with van der Waals surface area (Å²) >= 11 is 1.75. The van der Waals surface area contributed by atoms with Crippen molar-refractivity contribution in [3.05, 3.63) is 34.3 Å². The van der Waals surface area contributed by atoms with Gasteiger partial charge in [-0.15, -0.1) is 35.3 Å². The molecule has 4 rings (SSSR count). The number of hydrogen-bond acceptors (Lipinski definition) is 6. The van der Waals surface area contributed by atoms with E-state index in [1.807, 2.05) is 6.92 Å². The second-order valence-corrected chi connectivity index (χ2v) is 8.89. The Hall–Kier alpha value is -1.75. The lowest BCUT2D eigenvalue weighted by Gasteiger charge is -2.15. The molecule has 2 N–H and O–H groups in total. The normalized spacial score (nSPS) is 17.5. The van der Waals surface area contributed by atoms with E-state index in [0.717, 1.165) is 66.3 Å². The van der Waals surface area contributed by atoms with Gasteiger partial charge in [0.25, 0.3) is 0 Å². The lowest BCUT2D eigenvalue weighted by atomic mass is 10.1. The maximum atomic E-state index is 5.93. The fourth-order valence-electron chi connectivity index (χ4n) is 4.08. The number of rotatable bonds is 8. The number of hydrogen-bond donors (Lipinski definition) is 2. The van der Waals surface area contributed by atoms with E-state index in [4.69, 9.17) is 14.5 Å². The van der Waals surface area contributed by atoms with Gasteiger partial charge < -0.3 is 25.0 Å². The van der Waals surface area contributed by atoms with Gasteiger partial charge in [0.2, 0.25) is 0 Å². The molecule has 2 aliphatic rings. The Labute approximate surface area is 212 Å². The van der Waals surface area contributed by atoms with Crippen molar-refractivity contribution in [2.24, 2.45) is 4.99 Å². The van der Waals surface area contributed by atoms with Crippen molar-refractivity contribution < 1.29 is 9.47 Å². The van der Waals surface area contributed by atoms with Crippen LogP contribution in [0.3, 0.4) is 0 Å². The number of thiazole rings is 1. The van der Waals surface area contributed by atoms with Crippen LogP contribution in [0.5, 0.6) is 11.5 Å². The number of benzene rings is 1. The molecule has 7 nitrogen and oxygen atoms in total. The Balaban J connectivity index is 0.00000289.